The smallest absolute Gasteiger partial charge is 0.186 e. The standard InChI is InChI=1S/C51H31N5O6S/c57-41-37-38-42(58)45(61)40(56-33-23-12-9-20-30(33)36-34(24-13-25-35(36)56)55-31-21-10-7-18-28(31)29-19-8-11-22-32(29)55)46(62)48(38)63-47(37)44(60)39(43(41)59)51-53-49(26-14-3-1-4-15-26)52-50(54-51)27-16-5-2-6-17-27/h1-25,57-62H. The number of phenols is 6. The Hall–Kier alpha value is -8.61. The van der Waals surface area contributed by atoms with Gasteiger partial charge in [-0.15, -0.1) is 11.3 Å². The van der Waals surface area contributed by atoms with Gasteiger partial charge in [-0.1, -0.05) is 121 Å². The van der Waals surface area contributed by atoms with Crippen molar-refractivity contribution in [3.63, 3.8) is 0 Å². The molecular formula is C51H31N5O6S. The lowest BCUT2D eigenvalue weighted by atomic mass is 10.0. The quantitative estimate of drug-likeness (QED) is 0.0729. The van der Waals surface area contributed by atoms with Crippen LogP contribution in [-0.2, 0) is 0 Å². The molecular weight excluding hydrogens is 811 g/mol. The van der Waals surface area contributed by atoms with Crippen molar-refractivity contribution in [1.82, 2.24) is 24.1 Å². The highest BCUT2D eigenvalue weighted by Gasteiger charge is 2.32. The molecule has 11 nitrogen and oxygen atoms in total. The monoisotopic (exact) mass is 841 g/mol. The topological polar surface area (TPSA) is 170 Å². The summed E-state index contributed by atoms with van der Waals surface area (Å²) in [5, 5.41) is 75.5. The van der Waals surface area contributed by atoms with E-state index in [4.69, 9.17) is 4.98 Å². The molecule has 4 aromatic heterocycles. The summed E-state index contributed by atoms with van der Waals surface area (Å²) in [5.41, 5.74) is 5.04. The van der Waals surface area contributed by atoms with Gasteiger partial charge < -0.3 is 39.8 Å². The molecule has 6 N–H and O–H groups in total. The summed E-state index contributed by atoms with van der Waals surface area (Å²) in [7, 11) is 0. The Balaban J connectivity index is 1.12. The SMILES string of the molecule is Oc1c(-c2nc(-c3ccccc3)nc(-c3ccccc3)n2)c(O)c2sc3c(O)c(-n4c5ccccc5c5c(-n6c7ccccc7c7ccccc76)cccc54)c(O)c(O)c3c2c1O. The van der Waals surface area contributed by atoms with Gasteiger partial charge >= 0.3 is 0 Å². The average Bonchev–Trinajstić information content (AvgIpc) is 4.00. The van der Waals surface area contributed by atoms with E-state index in [2.05, 4.69) is 38.8 Å². The minimum Gasteiger partial charge on any atom is -0.506 e. The average molecular weight is 842 g/mol. The fourth-order valence-electron chi connectivity index (χ4n) is 9.08. The number of benzene rings is 8. The van der Waals surface area contributed by atoms with Crippen LogP contribution in [0.4, 0.5) is 0 Å². The van der Waals surface area contributed by atoms with Crippen LogP contribution >= 0.6 is 11.3 Å². The number of para-hydroxylation sites is 3. The summed E-state index contributed by atoms with van der Waals surface area (Å²) in [6, 6.07) is 48.2. The summed E-state index contributed by atoms with van der Waals surface area (Å²) >= 11 is 0.866. The van der Waals surface area contributed by atoms with Crippen LogP contribution in [-0.4, -0.2) is 54.7 Å². The van der Waals surface area contributed by atoms with Crippen LogP contribution in [0.2, 0.25) is 0 Å². The maximum Gasteiger partial charge on any atom is 0.186 e. The number of aromatic hydroxyl groups is 6. The molecule has 0 fully saturated rings. The van der Waals surface area contributed by atoms with Gasteiger partial charge in [0.25, 0.3) is 0 Å². The van der Waals surface area contributed by atoms with E-state index >= 15 is 0 Å². The second kappa shape index (κ2) is 13.4. The Kier molecular flexibility index (Phi) is 7.74. The van der Waals surface area contributed by atoms with Crippen LogP contribution in [0.3, 0.4) is 0 Å². The number of hydrogen-bond acceptors (Lipinski definition) is 10. The molecule has 63 heavy (non-hydrogen) atoms. The first-order valence-corrected chi connectivity index (χ1v) is 20.8. The zero-order valence-electron chi connectivity index (χ0n) is 32.8. The minimum absolute atomic E-state index is 0.00347. The summed E-state index contributed by atoms with van der Waals surface area (Å²) in [5.74, 6) is -3.40. The molecule has 302 valence electrons. The summed E-state index contributed by atoms with van der Waals surface area (Å²) in [6.45, 7) is 0. The van der Waals surface area contributed by atoms with Gasteiger partial charge in [-0.25, -0.2) is 15.0 Å². The first-order valence-electron chi connectivity index (χ1n) is 20.0. The Bertz CT molecular complexity index is 3770. The third-order valence-electron chi connectivity index (χ3n) is 11.8. The fourth-order valence-corrected chi connectivity index (χ4v) is 10.3. The molecule has 0 spiro atoms. The molecule has 0 amide bonds. The second-order valence-electron chi connectivity index (χ2n) is 15.3. The number of phenolic OH excluding ortho intramolecular Hbond substituents is 6. The van der Waals surface area contributed by atoms with Crippen LogP contribution in [0.15, 0.2) is 152 Å². The third kappa shape index (κ3) is 5.09. The van der Waals surface area contributed by atoms with Crippen molar-refractivity contribution in [1.29, 1.82) is 0 Å². The molecule has 0 radical (unpaired) electrons. The van der Waals surface area contributed by atoms with Crippen molar-refractivity contribution < 1.29 is 30.6 Å². The Morgan fingerprint density at radius 1 is 0.349 bits per heavy atom. The first-order chi connectivity index (χ1) is 30.8. The van der Waals surface area contributed by atoms with Crippen molar-refractivity contribution in [3.05, 3.63) is 152 Å². The third-order valence-corrected chi connectivity index (χ3v) is 13.0. The van der Waals surface area contributed by atoms with Gasteiger partial charge in [0.15, 0.2) is 46.2 Å². The van der Waals surface area contributed by atoms with E-state index in [-0.39, 0.29) is 48.9 Å². The van der Waals surface area contributed by atoms with Crippen molar-refractivity contribution in [2.24, 2.45) is 0 Å². The minimum atomic E-state index is -0.772. The molecule has 0 saturated carbocycles. The van der Waals surface area contributed by atoms with Gasteiger partial charge in [-0.05, 0) is 30.3 Å². The van der Waals surface area contributed by atoms with E-state index in [0.29, 0.717) is 22.2 Å². The fraction of sp³-hybridized carbons (Fsp3) is 0. The van der Waals surface area contributed by atoms with Crippen LogP contribution in [0, 0.1) is 0 Å². The molecule has 0 saturated heterocycles. The lowest BCUT2D eigenvalue weighted by Crippen LogP contribution is -2.00. The molecule has 12 rings (SSSR count). The van der Waals surface area contributed by atoms with Crippen molar-refractivity contribution in [3.8, 4) is 80.0 Å². The molecule has 0 bridgehead atoms. The predicted molar refractivity (Wildman–Crippen MR) is 248 cm³/mol. The van der Waals surface area contributed by atoms with Crippen LogP contribution < -0.4 is 0 Å². The molecule has 0 aliphatic rings. The normalized spacial score (nSPS) is 11.9. The first kappa shape index (κ1) is 36.3. The molecule has 0 atom stereocenters. The summed E-state index contributed by atoms with van der Waals surface area (Å²) in [4.78, 5) is 14.0. The second-order valence-corrected chi connectivity index (χ2v) is 16.3. The van der Waals surface area contributed by atoms with E-state index < -0.39 is 34.5 Å². The van der Waals surface area contributed by atoms with E-state index in [9.17, 15) is 30.6 Å². The van der Waals surface area contributed by atoms with Gasteiger partial charge in [0.1, 0.15) is 17.0 Å². The van der Waals surface area contributed by atoms with Crippen molar-refractivity contribution in [2.75, 3.05) is 0 Å². The molecule has 0 unspecified atom stereocenters. The largest absolute Gasteiger partial charge is 0.506 e. The Morgan fingerprint density at radius 2 is 0.810 bits per heavy atom. The van der Waals surface area contributed by atoms with Crippen LogP contribution in [0.25, 0.3) is 109 Å². The van der Waals surface area contributed by atoms with E-state index in [1.54, 1.807) is 4.57 Å². The van der Waals surface area contributed by atoms with E-state index in [0.717, 1.165) is 49.6 Å². The highest BCUT2D eigenvalue weighted by Crippen LogP contribution is 2.60. The highest BCUT2D eigenvalue weighted by atomic mass is 32.1. The zero-order valence-corrected chi connectivity index (χ0v) is 33.6. The predicted octanol–water partition coefficient (Wildman–Crippen LogP) is 11.7. The Labute approximate surface area is 360 Å². The number of aromatic nitrogens is 5. The van der Waals surface area contributed by atoms with Crippen molar-refractivity contribution in [2.45, 2.75) is 0 Å². The molecule has 8 aromatic carbocycles. The lowest BCUT2D eigenvalue weighted by molar-refractivity contribution is 0.399. The van der Waals surface area contributed by atoms with Gasteiger partial charge in [0.2, 0.25) is 0 Å². The molecule has 0 aliphatic carbocycles. The number of hydrogen-bond donors (Lipinski definition) is 6. The van der Waals surface area contributed by atoms with Gasteiger partial charge in [0.05, 0.1) is 47.9 Å². The molecule has 12 aromatic rings. The number of nitrogens with zero attached hydrogens (tertiary/aromatic N) is 5. The molecule has 12 heteroatoms. The number of thiophene rings is 1. The Morgan fingerprint density at radius 3 is 1.40 bits per heavy atom. The number of fused-ring (bicyclic) bond motifs is 9. The van der Waals surface area contributed by atoms with E-state index in [1.165, 1.54) is 0 Å². The van der Waals surface area contributed by atoms with Crippen LogP contribution in [0.5, 0.6) is 34.5 Å². The summed E-state index contributed by atoms with van der Waals surface area (Å²) < 4.78 is 3.95. The highest BCUT2D eigenvalue weighted by molar-refractivity contribution is 7.26. The number of rotatable bonds is 5. The zero-order chi connectivity index (χ0) is 42.7. The maximum atomic E-state index is 12.4. The van der Waals surface area contributed by atoms with Gasteiger partial charge in [-0.2, -0.15) is 0 Å². The molecule has 4 heterocycles. The van der Waals surface area contributed by atoms with Crippen molar-refractivity contribution >= 4 is 75.1 Å². The molecule has 0 aliphatic heterocycles. The van der Waals surface area contributed by atoms with Gasteiger partial charge in [-0.3, -0.25) is 0 Å². The lowest BCUT2D eigenvalue weighted by Gasteiger charge is -2.15. The summed E-state index contributed by atoms with van der Waals surface area (Å²) in [6.07, 6.45) is 0. The van der Waals surface area contributed by atoms with E-state index in [1.807, 2.05) is 127 Å². The van der Waals surface area contributed by atoms with Crippen LogP contribution in [0.1, 0.15) is 0 Å². The van der Waals surface area contributed by atoms with Gasteiger partial charge in [0, 0.05) is 32.7 Å². The maximum absolute atomic E-state index is 12.4.